The zero-order valence-electron chi connectivity index (χ0n) is 19.5. The van der Waals surface area contributed by atoms with Crippen LogP contribution in [0.2, 0.25) is 5.02 Å². The predicted octanol–water partition coefficient (Wildman–Crippen LogP) is 4.11. The van der Waals surface area contributed by atoms with Crippen LogP contribution >= 0.6 is 11.6 Å². The lowest BCUT2D eigenvalue weighted by atomic mass is 9.57. The topological polar surface area (TPSA) is 59.3 Å². The van der Waals surface area contributed by atoms with Gasteiger partial charge in [0.2, 0.25) is 0 Å². The van der Waals surface area contributed by atoms with Gasteiger partial charge in [0.15, 0.2) is 5.82 Å². The lowest BCUT2D eigenvalue weighted by Gasteiger charge is -2.59. The van der Waals surface area contributed by atoms with E-state index >= 15 is 0 Å². The largest absolute Gasteiger partial charge is 0.380 e. The third-order valence-corrected chi connectivity index (χ3v) is 8.41. The first-order valence-corrected chi connectivity index (χ1v) is 12.7. The number of ether oxygens (including phenoxy) is 1. The number of benzene rings is 1. The van der Waals surface area contributed by atoms with E-state index in [2.05, 4.69) is 50.5 Å². The van der Waals surface area contributed by atoms with Gasteiger partial charge in [-0.25, -0.2) is 4.98 Å². The van der Waals surface area contributed by atoms with Crippen LogP contribution in [0.4, 0.5) is 5.82 Å². The Morgan fingerprint density at radius 2 is 1.97 bits per heavy atom. The van der Waals surface area contributed by atoms with Crippen LogP contribution in [0.15, 0.2) is 36.5 Å². The van der Waals surface area contributed by atoms with Gasteiger partial charge in [-0.2, -0.15) is 0 Å². The summed E-state index contributed by atoms with van der Waals surface area (Å²) < 4.78 is 8.02. The third-order valence-electron chi connectivity index (χ3n) is 8.18. The zero-order chi connectivity index (χ0) is 22.9. The average Bonchev–Trinajstić information content (AvgIpc) is 3.40. The molecule has 3 fully saturated rings. The Bertz CT molecular complexity index is 1240. The minimum atomic E-state index is 0.392. The molecule has 1 atom stereocenters. The van der Waals surface area contributed by atoms with Crippen LogP contribution in [-0.2, 0) is 17.8 Å². The highest BCUT2D eigenvalue weighted by Crippen LogP contribution is 2.56. The number of hydrogen-bond donors (Lipinski definition) is 0. The van der Waals surface area contributed by atoms with Gasteiger partial charge in [-0.15, -0.1) is 10.2 Å². The highest BCUT2D eigenvalue weighted by atomic mass is 35.5. The first kappa shape index (κ1) is 20.9. The van der Waals surface area contributed by atoms with Crippen LogP contribution in [0.1, 0.15) is 48.0 Å². The Hall–Kier alpha value is -2.48. The molecule has 176 valence electrons. The average molecular weight is 477 g/mol. The molecule has 34 heavy (non-hydrogen) atoms. The van der Waals surface area contributed by atoms with Gasteiger partial charge in [-0.3, -0.25) is 9.47 Å². The first-order valence-electron chi connectivity index (χ1n) is 12.3. The molecule has 0 N–H and O–H groups in total. The van der Waals surface area contributed by atoms with Crippen molar-refractivity contribution in [3.8, 4) is 5.69 Å². The monoisotopic (exact) mass is 476 g/mol. The molecule has 1 aliphatic carbocycles. The van der Waals surface area contributed by atoms with Crippen molar-refractivity contribution in [2.45, 2.75) is 51.2 Å². The molecule has 0 amide bonds. The fourth-order valence-corrected chi connectivity index (χ4v) is 6.62. The summed E-state index contributed by atoms with van der Waals surface area (Å²) in [6.07, 6.45) is 5.30. The van der Waals surface area contributed by atoms with E-state index in [4.69, 9.17) is 26.5 Å². The molecule has 0 radical (unpaired) electrons. The summed E-state index contributed by atoms with van der Waals surface area (Å²) in [5, 5.41) is 10.2. The second-order valence-corrected chi connectivity index (χ2v) is 11.1. The van der Waals surface area contributed by atoms with Gasteiger partial charge in [-0.1, -0.05) is 11.6 Å². The van der Waals surface area contributed by atoms with Crippen molar-refractivity contribution in [3.63, 3.8) is 0 Å². The van der Waals surface area contributed by atoms with Crippen LogP contribution in [0.25, 0.3) is 5.69 Å². The molecule has 7 rings (SSSR count). The first-order chi connectivity index (χ1) is 16.6. The molecule has 1 spiro atoms. The van der Waals surface area contributed by atoms with Gasteiger partial charge in [0.1, 0.15) is 11.6 Å². The second-order valence-electron chi connectivity index (χ2n) is 10.7. The van der Waals surface area contributed by atoms with E-state index in [-0.39, 0.29) is 0 Å². The predicted molar refractivity (Wildman–Crippen MR) is 130 cm³/mol. The number of fused-ring (bicyclic) bond motifs is 3. The number of aryl methyl sites for hydroxylation is 1. The van der Waals surface area contributed by atoms with Crippen molar-refractivity contribution in [2.75, 3.05) is 31.2 Å². The van der Waals surface area contributed by atoms with Gasteiger partial charge in [0.25, 0.3) is 0 Å². The van der Waals surface area contributed by atoms with Gasteiger partial charge in [0, 0.05) is 54.8 Å². The smallest absolute Gasteiger partial charge is 0.151 e. The summed E-state index contributed by atoms with van der Waals surface area (Å²) >= 11 is 6.42. The van der Waals surface area contributed by atoms with Crippen molar-refractivity contribution < 1.29 is 4.74 Å². The zero-order valence-corrected chi connectivity index (χ0v) is 20.2. The Labute approximate surface area is 204 Å². The number of aromatic nitrogens is 4. The van der Waals surface area contributed by atoms with Crippen LogP contribution < -0.4 is 4.90 Å². The molecule has 4 aliphatic rings. The molecule has 2 aromatic heterocycles. The lowest BCUT2D eigenvalue weighted by molar-refractivity contribution is 0.0581. The molecule has 3 aliphatic heterocycles. The van der Waals surface area contributed by atoms with Crippen molar-refractivity contribution in [1.29, 1.82) is 0 Å². The summed E-state index contributed by atoms with van der Waals surface area (Å²) in [5.74, 6) is 3.69. The molecule has 3 aromatic rings. The maximum Gasteiger partial charge on any atom is 0.151 e. The summed E-state index contributed by atoms with van der Waals surface area (Å²) in [6, 6.07) is 10.9. The van der Waals surface area contributed by atoms with E-state index in [1.807, 2.05) is 12.3 Å². The fourth-order valence-electron chi connectivity index (χ4n) is 6.43. The fraction of sp³-hybridized carbons (Fsp3) is 0.500. The molecule has 1 aromatic carbocycles. The van der Waals surface area contributed by atoms with E-state index in [1.165, 1.54) is 16.8 Å². The quantitative estimate of drug-likeness (QED) is 0.567. The van der Waals surface area contributed by atoms with Crippen LogP contribution in [0, 0.1) is 12.3 Å². The standard InChI is InChI=1S/C26H29ClN6O/c1-17-4-6-28-23(8-17)32-15-26(16-32)10-19(11-26)25-30-29-24-13-31(21-5-7-34-14-21)12-18-9-20(27)2-3-22(18)33(24)25/h2-4,6,8-9,19,21H,5,7,10-16H2,1H3/t21-/m0/s1. The number of halogens is 1. The third kappa shape index (κ3) is 3.36. The molecular weight excluding hydrogens is 448 g/mol. The maximum atomic E-state index is 6.42. The normalized spacial score (nSPS) is 23.8. The number of hydrogen-bond acceptors (Lipinski definition) is 6. The molecule has 0 unspecified atom stereocenters. The molecule has 8 heteroatoms. The number of pyridine rings is 1. The summed E-state index contributed by atoms with van der Waals surface area (Å²) in [7, 11) is 0. The summed E-state index contributed by atoms with van der Waals surface area (Å²) in [6.45, 7) is 7.57. The SMILES string of the molecule is Cc1ccnc(N2CC3(CC(c4nnc5n4-c4ccc(Cl)cc4CN([C@H]4CCOC4)C5)C3)C2)c1. The molecular formula is C26H29ClN6O. The molecule has 2 saturated heterocycles. The van der Waals surface area contributed by atoms with Crippen LogP contribution in [-0.4, -0.2) is 57.0 Å². The lowest BCUT2D eigenvalue weighted by Crippen LogP contribution is -2.62. The number of anilines is 1. The molecule has 5 heterocycles. The van der Waals surface area contributed by atoms with Crippen molar-refractivity contribution in [2.24, 2.45) is 5.41 Å². The number of nitrogens with zero attached hydrogens (tertiary/aromatic N) is 6. The highest BCUT2D eigenvalue weighted by molar-refractivity contribution is 6.30. The van der Waals surface area contributed by atoms with E-state index in [0.717, 1.165) is 81.1 Å². The Morgan fingerprint density at radius 1 is 1.09 bits per heavy atom. The van der Waals surface area contributed by atoms with E-state index < -0.39 is 0 Å². The number of rotatable bonds is 3. The highest BCUT2D eigenvalue weighted by Gasteiger charge is 2.54. The molecule has 0 bridgehead atoms. The van der Waals surface area contributed by atoms with Crippen molar-refractivity contribution in [1.82, 2.24) is 24.6 Å². The van der Waals surface area contributed by atoms with Gasteiger partial charge < -0.3 is 9.64 Å². The van der Waals surface area contributed by atoms with Crippen molar-refractivity contribution in [3.05, 3.63) is 64.3 Å². The Kier molecular flexibility index (Phi) is 4.76. The summed E-state index contributed by atoms with van der Waals surface area (Å²) in [4.78, 5) is 9.47. The Balaban J connectivity index is 1.14. The molecule has 1 saturated carbocycles. The van der Waals surface area contributed by atoms with Gasteiger partial charge in [0.05, 0.1) is 18.8 Å². The van der Waals surface area contributed by atoms with E-state index in [1.54, 1.807) is 0 Å². The Morgan fingerprint density at radius 3 is 2.76 bits per heavy atom. The van der Waals surface area contributed by atoms with Crippen molar-refractivity contribution >= 4 is 17.4 Å². The minimum absolute atomic E-state index is 0.392. The van der Waals surface area contributed by atoms with Crippen LogP contribution in [0.5, 0.6) is 0 Å². The van der Waals surface area contributed by atoms with E-state index in [9.17, 15) is 0 Å². The summed E-state index contributed by atoms with van der Waals surface area (Å²) in [5.41, 5.74) is 4.08. The second kappa shape index (κ2) is 7.77. The minimum Gasteiger partial charge on any atom is -0.380 e. The van der Waals surface area contributed by atoms with Gasteiger partial charge >= 0.3 is 0 Å². The van der Waals surface area contributed by atoms with E-state index in [0.29, 0.717) is 17.4 Å². The molecule has 7 nitrogen and oxygen atoms in total. The van der Waals surface area contributed by atoms with Crippen LogP contribution in [0.3, 0.4) is 0 Å². The van der Waals surface area contributed by atoms with Gasteiger partial charge in [-0.05, 0) is 67.6 Å². The maximum absolute atomic E-state index is 6.42.